The number of hydrogen-bond donors (Lipinski definition) is 2. The van der Waals surface area contributed by atoms with Crippen LogP contribution in [0.2, 0.25) is 0 Å². The first-order valence-electron chi connectivity index (χ1n) is 5.54. The van der Waals surface area contributed by atoms with Gasteiger partial charge >= 0.3 is 5.97 Å². The van der Waals surface area contributed by atoms with Crippen LogP contribution < -0.4 is 4.84 Å². The Morgan fingerprint density at radius 3 is 2.65 bits per heavy atom. The molecule has 20 heavy (non-hydrogen) atoms. The van der Waals surface area contributed by atoms with E-state index in [9.17, 15) is 15.0 Å². The third-order valence-corrected chi connectivity index (χ3v) is 2.45. The summed E-state index contributed by atoms with van der Waals surface area (Å²) < 4.78 is 0.600. The van der Waals surface area contributed by atoms with Gasteiger partial charge in [-0.2, -0.15) is 0 Å². The van der Waals surface area contributed by atoms with Gasteiger partial charge < -0.3 is 15.1 Å². The first kappa shape index (κ1) is 13.3. The molecule has 1 aromatic heterocycles. The van der Waals surface area contributed by atoms with Crippen LogP contribution in [0.15, 0.2) is 41.5 Å². The van der Waals surface area contributed by atoms with E-state index in [1.54, 1.807) is 12.1 Å². The largest absolute Gasteiger partial charge is 0.492 e. The first-order valence-corrected chi connectivity index (χ1v) is 5.54. The van der Waals surface area contributed by atoms with E-state index in [-0.39, 0.29) is 12.1 Å². The number of rotatable bonds is 4. The molecule has 1 heterocycles. The van der Waals surface area contributed by atoms with E-state index in [4.69, 9.17) is 10.4 Å². The van der Waals surface area contributed by atoms with E-state index >= 15 is 0 Å². The Morgan fingerprint density at radius 2 is 2.00 bits per heavy atom. The highest BCUT2D eigenvalue weighted by Gasteiger charge is 2.14. The van der Waals surface area contributed by atoms with E-state index in [2.05, 4.69) is 10.0 Å². The highest BCUT2D eigenvalue weighted by Crippen LogP contribution is 2.19. The molecule has 0 saturated carbocycles. The highest BCUT2D eigenvalue weighted by atomic mass is 16.7. The maximum absolute atomic E-state index is 11.9. The normalized spacial score (nSPS) is 9.80. The van der Waals surface area contributed by atoms with Gasteiger partial charge in [0.2, 0.25) is 11.8 Å². The molecule has 1 aromatic carbocycles. The van der Waals surface area contributed by atoms with Crippen molar-refractivity contribution in [3.05, 3.63) is 58.0 Å². The topological polar surface area (TPSA) is 120 Å². The second-order valence-corrected chi connectivity index (χ2v) is 3.81. The van der Waals surface area contributed by atoms with Crippen molar-refractivity contribution in [2.75, 3.05) is 0 Å². The van der Waals surface area contributed by atoms with Crippen LogP contribution in [0.4, 0.5) is 0 Å². The Bertz CT molecular complexity index is 669. The summed E-state index contributed by atoms with van der Waals surface area (Å²) in [6.45, 7) is 0.109. The van der Waals surface area contributed by atoms with Crippen LogP contribution in [0.3, 0.4) is 0 Å². The molecule has 2 aromatic rings. The summed E-state index contributed by atoms with van der Waals surface area (Å²) in [4.78, 5) is 19.3. The number of azide groups is 1. The minimum absolute atomic E-state index is 0.109. The SMILES string of the molecule is [N-]=[N+]=NCc1cccc(C(=O)On2c(O)ccc2O)c1. The molecule has 0 atom stereocenters. The van der Waals surface area contributed by atoms with Gasteiger partial charge in [-0.25, -0.2) is 4.79 Å². The minimum atomic E-state index is -0.769. The summed E-state index contributed by atoms with van der Waals surface area (Å²) in [5, 5.41) is 22.1. The Hall–Kier alpha value is -3.12. The van der Waals surface area contributed by atoms with Gasteiger partial charge in [-0.1, -0.05) is 17.2 Å². The lowest BCUT2D eigenvalue weighted by molar-refractivity contribution is 0.0381. The van der Waals surface area contributed by atoms with Crippen molar-refractivity contribution in [3.63, 3.8) is 0 Å². The van der Waals surface area contributed by atoms with Crippen molar-refractivity contribution in [1.29, 1.82) is 0 Å². The van der Waals surface area contributed by atoms with Crippen LogP contribution in [0.25, 0.3) is 10.4 Å². The quantitative estimate of drug-likeness (QED) is 0.503. The van der Waals surface area contributed by atoms with E-state index < -0.39 is 17.7 Å². The molecule has 0 aliphatic heterocycles. The number of carbonyl (C=O) groups excluding carboxylic acids is 1. The third-order valence-electron chi connectivity index (χ3n) is 2.45. The smallest absolute Gasteiger partial charge is 0.363 e. The Morgan fingerprint density at radius 1 is 1.30 bits per heavy atom. The molecule has 0 saturated heterocycles. The van der Waals surface area contributed by atoms with Crippen LogP contribution in [0.1, 0.15) is 15.9 Å². The number of benzene rings is 1. The second kappa shape index (κ2) is 5.68. The minimum Gasteiger partial charge on any atom is -0.492 e. The fraction of sp³-hybridized carbons (Fsp3) is 0.0833. The van der Waals surface area contributed by atoms with Gasteiger partial charge in [0.1, 0.15) is 0 Å². The molecular formula is C12H10N4O4. The van der Waals surface area contributed by atoms with Gasteiger partial charge in [0.25, 0.3) is 0 Å². The van der Waals surface area contributed by atoms with Gasteiger partial charge in [-0.3, -0.25) is 0 Å². The summed E-state index contributed by atoms with van der Waals surface area (Å²) in [6, 6.07) is 8.65. The van der Waals surface area contributed by atoms with Crippen molar-refractivity contribution in [2.45, 2.75) is 6.54 Å². The van der Waals surface area contributed by atoms with Crippen LogP contribution in [0, 0.1) is 0 Å². The lowest BCUT2D eigenvalue weighted by Crippen LogP contribution is -2.19. The molecule has 0 aliphatic carbocycles. The lowest BCUT2D eigenvalue weighted by Gasteiger charge is -2.07. The fourth-order valence-corrected chi connectivity index (χ4v) is 1.54. The van der Waals surface area contributed by atoms with Crippen molar-refractivity contribution >= 4 is 5.97 Å². The van der Waals surface area contributed by atoms with Crippen molar-refractivity contribution < 1.29 is 19.8 Å². The van der Waals surface area contributed by atoms with Crippen molar-refractivity contribution in [2.24, 2.45) is 5.11 Å². The van der Waals surface area contributed by atoms with Crippen molar-refractivity contribution in [1.82, 2.24) is 4.73 Å². The number of aromatic nitrogens is 1. The average molecular weight is 274 g/mol. The van der Waals surface area contributed by atoms with Crippen LogP contribution in [-0.2, 0) is 6.54 Å². The molecule has 8 heteroatoms. The maximum atomic E-state index is 11.9. The van der Waals surface area contributed by atoms with Gasteiger partial charge in [0.05, 0.1) is 12.1 Å². The monoisotopic (exact) mass is 274 g/mol. The predicted molar refractivity (Wildman–Crippen MR) is 68.0 cm³/mol. The number of carbonyl (C=O) groups is 1. The third kappa shape index (κ3) is 2.82. The van der Waals surface area contributed by atoms with Crippen LogP contribution in [0.5, 0.6) is 11.8 Å². The zero-order valence-corrected chi connectivity index (χ0v) is 10.2. The summed E-state index contributed by atoms with van der Waals surface area (Å²) >= 11 is 0. The van der Waals surface area contributed by atoms with Gasteiger partial charge in [-0.05, 0) is 23.2 Å². The maximum Gasteiger partial charge on any atom is 0.363 e. The molecule has 0 aliphatic rings. The Balaban J connectivity index is 2.19. The van der Waals surface area contributed by atoms with Crippen LogP contribution >= 0.6 is 0 Å². The summed E-state index contributed by atoms with van der Waals surface area (Å²) in [7, 11) is 0. The average Bonchev–Trinajstić information content (AvgIpc) is 2.77. The lowest BCUT2D eigenvalue weighted by atomic mass is 10.1. The van der Waals surface area contributed by atoms with Crippen LogP contribution in [-0.4, -0.2) is 20.9 Å². The fourth-order valence-electron chi connectivity index (χ4n) is 1.54. The van der Waals surface area contributed by atoms with Gasteiger partial charge in [0.15, 0.2) is 0 Å². The number of hydrogen-bond acceptors (Lipinski definition) is 5. The zero-order chi connectivity index (χ0) is 14.5. The molecule has 0 fully saturated rings. The molecule has 2 rings (SSSR count). The van der Waals surface area contributed by atoms with E-state index in [1.165, 1.54) is 24.3 Å². The highest BCUT2D eigenvalue weighted by molar-refractivity contribution is 5.89. The van der Waals surface area contributed by atoms with Crippen molar-refractivity contribution in [3.8, 4) is 11.8 Å². The molecule has 0 amide bonds. The summed E-state index contributed by atoms with van der Waals surface area (Å²) in [5.41, 5.74) is 9.08. The predicted octanol–water partition coefficient (Wildman–Crippen LogP) is 1.98. The molecule has 0 spiro atoms. The van der Waals surface area contributed by atoms with E-state index in [0.29, 0.717) is 10.3 Å². The van der Waals surface area contributed by atoms with E-state index in [1.807, 2.05) is 0 Å². The molecule has 0 bridgehead atoms. The standard InChI is InChI=1S/C12H10N4O4/c13-15-14-7-8-2-1-3-9(6-8)12(19)20-16-10(17)4-5-11(16)18/h1-6,17-18H,7H2. The van der Waals surface area contributed by atoms with Gasteiger partial charge in [-0.15, -0.1) is 4.73 Å². The molecular weight excluding hydrogens is 264 g/mol. The molecule has 102 valence electrons. The summed E-state index contributed by atoms with van der Waals surface area (Å²) in [6.07, 6.45) is 0. The first-order chi connectivity index (χ1) is 9.61. The molecule has 0 unspecified atom stereocenters. The Kier molecular flexibility index (Phi) is 3.78. The molecule has 0 radical (unpaired) electrons. The van der Waals surface area contributed by atoms with Gasteiger partial charge in [0, 0.05) is 17.0 Å². The zero-order valence-electron chi connectivity index (χ0n) is 10.2. The number of nitrogens with zero attached hydrogens (tertiary/aromatic N) is 4. The number of aromatic hydroxyl groups is 2. The van der Waals surface area contributed by atoms with E-state index in [0.717, 1.165) is 0 Å². The summed E-state index contributed by atoms with van der Waals surface area (Å²) in [5.74, 6) is -1.57. The second-order valence-electron chi connectivity index (χ2n) is 3.81. The Labute approximate surface area is 113 Å². The molecule has 8 nitrogen and oxygen atoms in total. The molecule has 2 N–H and O–H groups in total.